The first kappa shape index (κ1) is 19.0. The number of rotatable bonds is 4. The summed E-state index contributed by atoms with van der Waals surface area (Å²) in [4.78, 5) is 7.39. The minimum Gasteiger partial charge on any atom is -0.507 e. The van der Waals surface area contributed by atoms with Gasteiger partial charge in [-0.3, -0.25) is 0 Å². The van der Waals surface area contributed by atoms with E-state index in [1.165, 1.54) is 32.1 Å². The topological polar surface area (TPSA) is 59.9 Å². The smallest absolute Gasteiger partial charge is 0.191 e. The van der Waals surface area contributed by atoms with Crippen LogP contribution in [0.15, 0.2) is 17.1 Å². The minimum absolute atomic E-state index is 0.389. The molecule has 3 rings (SSSR count). The molecular weight excluding hydrogens is 324 g/mol. The van der Waals surface area contributed by atoms with Crippen LogP contribution in [0.3, 0.4) is 0 Å². The second kappa shape index (κ2) is 8.30. The normalized spacial score (nSPS) is 26.6. The maximum atomic E-state index is 9.94. The van der Waals surface area contributed by atoms with Crippen LogP contribution in [0.2, 0.25) is 0 Å². The summed E-state index contributed by atoms with van der Waals surface area (Å²) in [5, 5.41) is 17.0. The zero-order chi connectivity index (χ0) is 18.7. The fourth-order valence-corrected chi connectivity index (χ4v) is 4.55. The number of phenolic OH excluding ortho intramolecular Hbond substituents is 1. The Bertz CT molecular complexity index is 620. The Morgan fingerprint density at radius 3 is 2.38 bits per heavy atom. The van der Waals surface area contributed by atoms with E-state index in [9.17, 15) is 5.11 Å². The summed E-state index contributed by atoms with van der Waals surface area (Å²) in [7, 11) is 2.29. The van der Waals surface area contributed by atoms with Crippen LogP contribution in [0.1, 0.15) is 55.7 Å². The third kappa shape index (κ3) is 4.32. The summed E-state index contributed by atoms with van der Waals surface area (Å²) in [5.74, 6) is 1.30. The average molecular weight is 359 g/mol. The molecule has 2 heterocycles. The Hall–Kier alpha value is -1.75. The Kier molecular flexibility index (Phi) is 6.07. The molecule has 2 atom stereocenters. The largest absolute Gasteiger partial charge is 0.507 e. The molecule has 2 fully saturated rings. The Balaban J connectivity index is 1.66. The minimum atomic E-state index is 0.389. The molecule has 5 heteroatoms. The molecule has 5 nitrogen and oxygen atoms in total. The Morgan fingerprint density at radius 1 is 1.19 bits per heavy atom. The highest BCUT2D eigenvalue weighted by molar-refractivity contribution is 5.80. The Labute approximate surface area is 157 Å². The molecule has 0 aromatic heterocycles. The third-order valence-electron chi connectivity index (χ3n) is 6.00. The van der Waals surface area contributed by atoms with Gasteiger partial charge in [0.05, 0.1) is 6.54 Å². The lowest BCUT2D eigenvalue weighted by atomic mass is 9.82. The van der Waals surface area contributed by atoms with Crippen molar-refractivity contribution >= 4 is 5.96 Å². The molecule has 2 saturated heterocycles. The van der Waals surface area contributed by atoms with Crippen LogP contribution in [0.25, 0.3) is 0 Å². The number of nitrogens with zero attached hydrogens (tertiary/aromatic N) is 2. The highest BCUT2D eigenvalue weighted by Crippen LogP contribution is 2.32. The standard InChI is InChI=1S/C21H34N4O/c1-5-22-21(23-13-16-9-14(2)20(26)15(3)10-16)24-17-11-18-7-6-8-19(12-17)25(18)4/h9-10,17-19,26H,5-8,11-13H2,1-4H3,(H2,22,23,24). The molecule has 1 aromatic carbocycles. The van der Waals surface area contributed by atoms with Gasteiger partial charge in [0.25, 0.3) is 0 Å². The van der Waals surface area contributed by atoms with Gasteiger partial charge in [0.2, 0.25) is 0 Å². The first-order valence-electron chi connectivity index (χ1n) is 10.0. The van der Waals surface area contributed by atoms with E-state index in [1.807, 2.05) is 26.0 Å². The quantitative estimate of drug-likeness (QED) is 0.572. The lowest BCUT2D eigenvalue weighted by molar-refractivity contribution is 0.0526. The first-order chi connectivity index (χ1) is 12.5. The van der Waals surface area contributed by atoms with Crippen molar-refractivity contribution in [2.75, 3.05) is 13.6 Å². The van der Waals surface area contributed by atoms with Gasteiger partial charge in [0.15, 0.2) is 5.96 Å². The second-order valence-electron chi connectivity index (χ2n) is 7.99. The van der Waals surface area contributed by atoms with E-state index in [1.54, 1.807) is 0 Å². The molecule has 26 heavy (non-hydrogen) atoms. The van der Waals surface area contributed by atoms with Crippen LogP contribution in [0.4, 0.5) is 0 Å². The van der Waals surface area contributed by atoms with Gasteiger partial charge in [-0.2, -0.15) is 0 Å². The van der Waals surface area contributed by atoms with Crippen molar-refractivity contribution in [1.29, 1.82) is 0 Å². The number of fused-ring (bicyclic) bond motifs is 2. The van der Waals surface area contributed by atoms with Crippen molar-refractivity contribution < 1.29 is 5.11 Å². The van der Waals surface area contributed by atoms with Crippen molar-refractivity contribution in [3.8, 4) is 5.75 Å². The van der Waals surface area contributed by atoms with Crippen molar-refractivity contribution in [1.82, 2.24) is 15.5 Å². The zero-order valence-corrected chi connectivity index (χ0v) is 16.7. The lowest BCUT2D eigenvalue weighted by Crippen LogP contribution is -2.56. The van der Waals surface area contributed by atoms with Gasteiger partial charge in [-0.25, -0.2) is 4.99 Å². The molecule has 1 aromatic rings. The van der Waals surface area contributed by atoms with Gasteiger partial charge in [-0.05, 0) is 70.2 Å². The van der Waals surface area contributed by atoms with Crippen LogP contribution in [-0.4, -0.2) is 47.7 Å². The number of nitrogens with one attached hydrogen (secondary N) is 2. The number of aromatic hydroxyl groups is 1. The molecule has 0 spiro atoms. The van der Waals surface area contributed by atoms with Gasteiger partial charge in [0.1, 0.15) is 5.75 Å². The van der Waals surface area contributed by atoms with Crippen LogP contribution >= 0.6 is 0 Å². The maximum Gasteiger partial charge on any atom is 0.191 e. The first-order valence-corrected chi connectivity index (χ1v) is 10.0. The van der Waals surface area contributed by atoms with Gasteiger partial charge in [-0.1, -0.05) is 18.6 Å². The zero-order valence-electron chi connectivity index (χ0n) is 16.7. The van der Waals surface area contributed by atoms with E-state index in [4.69, 9.17) is 4.99 Å². The highest BCUT2D eigenvalue weighted by atomic mass is 16.3. The predicted molar refractivity (Wildman–Crippen MR) is 108 cm³/mol. The number of phenols is 1. The SMILES string of the molecule is CCNC(=NCc1cc(C)c(O)c(C)c1)NC1CC2CCCC(C1)N2C. The molecule has 2 bridgehead atoms. The van der Waals surface area contributed by atoms with Gasteiger partial charge < -0.3 is 20.6 Å². The number of aliphatic imine (C=N–C) groups is 1. The number of hydrogen-bond acceptors (Lipinski definition) is 3. The fraction of sp³-hybridized carbons (Fsp3) is 0.667. The van der Waals surface area contributed by atoms with E-state index in [0.717, 1.165) is 29.2 Å². The summed E-state index contributed by atoms with van der Waals surface area (Å²) in [6.07, 6.45) is 6.43. The number of piperidine rings is 2. The second-order valence-corrected chi connectivity index (χ2v) is 7.99. The monoisotopic (exact) mass is 358 g/mol. The number of aryl methyl sites for hydroxylation is 2. The summed E-state index contributed by atoms with van der Waals surface area (Å²) in [6, 6.07) is 5.98. The van der Waals surface area contributed by atoms with Crippen molar-refractivity contribution in [2.24, 2.45) is 4.99 Å². The van der Waals surface area contributed by atoms with Crippen molar-refractivity contribution in [3.63, 3.8) is 0 Å². The van der Waals surface area contributed by atoms with Gasteiger partial charge in [0, 0.05) is 24.7 Å². The predicted octanol–water partition coefficient (Wildman–Crippen LogP) is 3.08. The van der Waals surface area contributed by atoms with E-state index >= 15 is 0 Å². The average Bonchev–Trinajstić information content (AvgIpc) is 2.58. The molecule has 0 radical (unpaired) electrons. The fourth-order valence-electron chi connectivity index (χ4n) is 4.55. The van der Waals surface area contributed by atoms with Crippen LogP contribution in [0, 0.1) is 13.8 Å². The molecule has 3 N–H and O–H groups in total. The number of benzene rings is 1. The highest BCUT2D eigenvalue weighted by Gasteiger charge is 2.36. The van der Waals surface area contributed by atoms with Gasteiger partial charge in [-0.15, -0.1) is 0 Å². The molecule has 0 amide bonds. The van der Waals surface area contributed by atoms with Crippen LogP contribution in [0.5, 0.6) is 5.75 Å². The lowest BCUT2D eigenvalue weighted by Gasteiger charge is -2.47. The molecule has 0 saturated carbocycles. The summed E-state index contributed by atoms with van der Waals surface area (Å²) in [6.45, 7) is 7.47. The van der Waals surface area contributed by atoms with Crippen molar-refractivity contribution in [3.05, 3.63) is 28.8 Å². The summed E-state index contributed by atoms with van der Waals surface area (Å²) < 4.78 is 0. The molecule has 2 aliphatic rings. The third-order valence-corrected chi connectivity index (χ3v) is 6.00. The van der Waals surface area contributed by atoms with E-state index in [-0.39, 0.29) is 0 Å². The molecule has 0 aliphatic carbocycles. The molecule has 2 unspecified atom stereocenters. The molecule has 2 aliphatic heterocycles. The van der Waals surface area contributed by atoms with E-state index in [0.29, 0.717) is 30.4 Å². The van der Waals surface area contributed by atoms with E-state index < -0.39 is 0 Å². The Morgan fingerprint density at radius 2 is 1.81 bits per heavy atom. The van der Waals surface area contributed by atoms with Crippen LogP contribution < -0.4 is 10.6 Å². The van der Waals surface area contributed by atoms with Crippen molar-refractivity contribution in [2.45, 2.75) is 77.5 Å². The summed E-state index contributed by atoms with van der Waals surface area (Å²) >= 11 is 0. The van der Waals surface area contributed by atoms with Crippen LogP contribution in [-0.2, 0) is 6.54 Å². The molecular formula is C21H34N4O. The van der Waals surface area contributed by atoms with Gasteiger partial charge >= 0.3 is 0 Å². The number of guanidine groups is 1. The maximum absolute atomic E-state index is 9.94. The summed E-state index contributed by atoms with van der Waals surface area (Å²) in [5.41, 5.74) is 2.96. The van der Waals surface area contributed by atoms with E-state index in [2.05, 4.69) is 29.5 Å². The number of hydrogen-bond donors (Lipinski definition) is 3. The molecule has 144 valence electrons.